The Morgan fingerprint density at radius 1 is 1.53 bits per heavy atom. The molecule has 15 heavy (non-hydrogen) atoms. The second-order valence-corrected chi connectivity index (χ2v) is 3.35. The van der Waals surface area contributed by atoms with Crippen LogP contribution in [0.3, 0.4) is 0 Å². The molecular weight excluding hydrogens is 190 g/mol. The Bertz CT molecular complexity index is 380. The van der Waals surface area contributed by atoms with Crippen LogP contribution in [0.5, 0.6) is 0 Å². The van der Waals surface area contributed by atoms with Gasteiger partial charge in [0, 0.05) is 0 Å². The van der Waals surface area contributed by atoms with Crippen molar-refractivity contribution in [3.63, 3.8) is 0 Å². The number of hydrogen-bond acceptors (Lipinski definition) is 2. The smallest absolute Gasteiger partial charge is 0.328 e. The van der Waals surface area contributed by atoms with Crippen LogP contribution in [0.15, 0.2) is 30.3 Å². The van der Waals surface area contributed by atoms with Gasteiger partial charge in [0.25, 0.3) is 0 Å². The number of hydrogen-bond donors (Lipinski definition) is 2. The van der Waals surface area contributed by atoms with E-state index in [4.69, 9.17) is 6.42 Å². The molecule has 78 valence electrons. The molecule has 0 aliphatic carbocycles. The average molecular weight is 203 g/mol. The third kappa shape index (κ3) is 2.36. The standard InChI is InChI=1S/C12H13NO2/c1-3-9-13-12(2,11(14)15)10-7-5-4-6-8-10/h1,4-8,13H,9H2,2H3,(H,14,15). The van der Waals surface area contributed by atoms with Crippen molar-refractivity contribution in [2.75, 3.05) is 6.54 Å². The van der Waals surface area contributed by atoms with Crippen molar-refractivity contribution in [3.05, 3.63) is 35.9 Å². The first-order valence-corrected chi connectivity index (χ1v) is 4.58. The Hall–Kier alpha value is -1.79. The number of nitrogens with one attached hydrogen (secondary N) is 1. The van der Waals surface area contributed by atoms with Crippen LogP contribution in [-0.2, 0) is 10.3 Å². The van der Waals surface area contributed by atoms with E-state index in [0.717, 1.165) is 0 Å². The van der Waals surface area contributed by atoms with E-state index in [1.165, 1.54) is 0 Å². The van der Waals surface area contributed by atoms with E-state index >= 15 is 0 Å². The summed E-state index contributed by atoms with van der Waals surface area (Å²) in [6.07, 6.45) is 5.11. The summed E-state index contributed by atoms with van der Waals surface area (Å²) >= 11 is 0. The lowest BCUT2D eigenvalue weighted by Crippen LogP contribution is -2.46. The van der Waals surface area contributed by atoms with Gasteiger partial charge in [-0.15, -0.1) is 6.42 Å². The quantitative estimate of drug-likeness (QED) is 0.723. The summed E-state index contributed by atoms with van der Waals surface area (Å²) < 4.78 is 0. The molecule has 0 radical (unpaired) electrons. The molecule has 0 saturated carbocycles. The summed E-state index contributed by atoms with van der Waals surface area (Å²) in [4.78, 5) is 11.2. The van der Waals surface area contributed by atoms with Crippen LogP contribution in [0.25, 0.3) is 0 Å². The molecule has 3 heteroatoms. The maximum absolute atomic E-state index is 11.2. The zero-order valence-corrected chi connectivity index (χ0v) is 8.53. The normalized spacial score (nSPS) is 13.9. The number of benzene rings is 1. The van der Waals surface area contributed by atoms with Gasteiger partial charge in [0.1, 0.15) is 5.54 Å². The van der Waals surface area contributed by atoms with Gasteiger partial charge in [-0.3, -0.25) is 5.32 Å². The van der Waals surface area contributed by atoms with Gasteiger partial charge in [0.15, 0.2) is 0 Å². The number of carboxylic acid groups (broad SMARTS) is 1. The molecule has 1 aromatic rings. The molecule has 0 fully saturated rings. The van der Waals surface area contributed by atoms with Gasteiger partial charge >= 0.3 is 5.97 Å². The molecular formula is C12H13NO2. The first-order chi connectivity index (χ1) is 7.11. The molecule has 1 aromatic carbocycles. The van der Waals surface area contributed by atoms with E-state index in [1.54, 1.807) is 31.2 Å². The zero-order chi connectivity index (χ0) is 11.3. The molecule has 3 nitrogen and oxygen atoms in total. The summed E-state index contributed by atoms with van der Waals surface area (Å²) in [5.74, 6) is 1.43. The minimum absolute atomic E-state index is 0.220. The fourth-order valence-corrected chi connectivity index (χ4v) is 1.30. The van der Waals surface area contributed by atoms with E-state index in [9.17, 15) is 9.90 Å². The van der Waals surface area contributed by atoms with Crippen LogP contribution in [0.1, 0.15) is 12.5 Å². The van der Waals surface area contributed by atoms with Gasteiger partial charge in [-0.05, 0) is 12.5 Å². The maximum atomic E-state index is 11.2. The second-order valence-electron chi connectivity index (χ2n) is 3.35. The van der Waals surface area contributed by atoms with Crippen molar-refractivity contribution in [1.82, 2.24) is 5.32 Å². The molecule has 1 rings (SSSR count). The first kappa shape index (κ1) is 11.3. The Labute approximate surface area is 89.1 Å². The molecule has 0 heterocycles. The van der Waals surface area contributed by atoms with Gasteiger partial charge < -0.3 is 5.11 Å². The van der Waals surface area contributed by atoms with E-state index in [2.05, 4.69) is 11.2 Å². The first-order valence-electron chi connectivity index (χ1n) is 4.58. The lowest BCUT2D eigenvalue weighted by Gasteiger charge is -2.25. The summed E-state index contributed by atoms with van der Waals surface area (Å²) in [6, 6.07) is 8.96. The van der Waals surface area contributed by atoms with E-state index in [0.29, 0.717) is 5.56 Å². The molecule has 1 atom stereocenters. The molecule has 0 amide bonds. The highest BCUT2D eigenvalue weighted by Crippen LogP contribution is 2.20. The third-order valence-corrected chi connectivity index (χ3v) is 2.32. The Morgan fingerprint density at radius 3 is 2.60 bits per heavy atom. The van der Waals surface area contributed by atoms with Gasteiger partial charge in [-0.25, -0.2) is 4.79 Å². The van der Waals surface area contributed by atoms with Gasteiger partial charge in [0.2, 0.25) is 0 Å². The van der Waals surface area contributed by atoms with Crippen molar-refractivity contribution >= 4 is 5.97 Å². The molecule has 0 aliphatic heterocycles. The predicted octanol–water partition coefficient (Wildman–Crippen LogP) is 1.21. The minimum Gasteiger partial charge on any atom is -0.480 e. The zero-order valence-electron chi connectivity index (χ0n) is 8.53. The van der Waals surface area contributed by atoms with Crippen LogP contribution in [0.4, 0.5) is 0 Å². The molecule has 0 aliphatic rings. The van der Waals surface area contributed by atoms with Gasteiger partial charge in [-0.2, -0.15) is 0 Å². The van der Waals surface area contributed by atoms with E-state index in [1.807, 2.05) is 6.07 Å². The highest BCUT2D eigenvalue weighted by atomic mass is 16.4. The summed E-state index contributed by atoms with van der Waals surface area (Å²) in [7, 11) is 0. The average Bonchev–Trinajstić information content (AvgIpc) is 2.27. The molecule has 0 bridgehead atoms. The largest absolute Gasteiger partial charge is 0.480 e. The molecule has 0 spiro atoms. The highest BCUT2D eigenvalue weighted by Gasteiger charge is 2.33. The number of carboxylic acids is 1. The third-order valence-electron chi connectivity index (χ3n) is 2.32. The fraction of sp³-hybridized carbons (Fsp3) is 0.250. The van der Waals surface area contributed by atoms with Crippen molar-refractivity contribution < 1.29 is 9.90 Å². The number of terminal acetylenes is 1. The van der Waals surface area contributed by atoms with E-state index < -0.39 is 11.5 Å². The van der Waals surface area contributed by atoms with Gasteiger partial charge in [0.05, 0.1) is 6.54 Å². The summed E-state index contributed by atoms with van der Waals surface area (Å²) in [5, 5.41) is 12.0. The molecule has 0 aromatic heterocycles. The number of rotatable bonds is 4. The van der Waals surface area contributed by atoms with Crippen LogP contribution in [0, 0.1) is 12.3 Å². The Morgan fingerprint density at radius 2 is 2.13 bits per heavy atom. The van der Waals surface area contributed by atoms with Crippen molar-refractivity contribution in [2.45, 2.75) is 12.5 Å². The van der Waals surface area contributed by atoms with Crippen molar-refractivity contribution in [3.8, 4) is 12.3 Å². The van der Waals surface area contributed by atoms with Crippen LogP contribution in [0.2, 0.25) is 0 Å². The Balaban J connectivity index is 3.03. The summed E-state index contributed by atoms with van der Waals surface area (Å²) in [6.45, 7) is 1.82. The highest BCUT2D eigenvalue weighted by molar-refractivity contribution is 5.80. The molecule has 1 unspecified atom stereocenters. The second kappa shape index (κ2) is 4.63. The topological polar surface area (TPSA) is 49.3 Å². The maximum Gasteiger partial charge on any atom is 0.328 e. The number of aliphatic carboxylic acids is 1. The lowest BCUT2D eigenvalue weighted by molar-refractivity contribution is -0.144. The lowest BCUT2D eigenvalue weighted by atomic mass is 9.92. The van der Waals surface area contributed by atoms with Crippen LogP contribution >= 0.6 is 0 Å². The van der Waals surface area contributed by atoms with Crippen molar-refractivity contribution in [2.24, 2.45) is 0 Å². The molecule has 2 N–H and O–H groups in total. The molecule has 0 saturated heterocycles. The van der Waals surface area contributed by atoms with Crippen LogP contribution in [-0.4, -0.2) is 17.6 Å². The SMILES string of the molecule is C#CCNC(C)(C(=O)O)c1ccccc1. The summed E-state index contributed by atoms with van der Waals surface area (Å²) in [5.41, 5.74) is -0.444. The van der Waals surface area contributed by atoms with E-state index in [-0.39, 0.29) is 6.54 Å². The van der Waals surface area contributed by atoms with Crippen molar-refractivity contribution in [1.29, 1.82) is 0 Å². The monoisotopic (exact) mass is 203 g/mol. The fourth-order valence-electron chi connectivity index (χ4n) is 1.30. The predicted molar refractivity (Wildman–Crippen MR) is 58.3 cm³/mol. The van der Waals surface area contributed by atoms with Crippen LogP contribution < -0.4 is 5.32 Å². The minimum atomic E-state index is -1.13. The number of carbonyl (C=O) groups is 1. The Kier molecular flexibility index (Phi) is 3.48. The van der Waals surface area contributed by atoms with Gasteiger partial charge in [-0.1, -0.05) is 36.3 Å².